The molecule has 0 spiro atoms. The molecule has 0 rings (SSSR count). The Balaban J connectivity index is 3.42. The minimum atomic E-state index is -0.845. The number of carbonyl (C=O) groups excluding carboxylic acids is 2. The fraction of sp³-hybridized carbons (Fsp3) is 0.865. The van der Waals surface area contributed by atoms with Crippen LogP contribution >= 0.6 is 0 Å². The molecule has 0 aliphatic heterocycles. The molecule has 0 fully saturated rings. The van der Waals surface area contributed by atoms with Crippen LogP contribution < -0.4 is 5.32 Å². The zero-order chi connectivity index (χ0) is 57.8. The second-order valence-electron chi connectivity index (χ2n) is 24.6. The van der Waals surface area contributed by atoms with Crippen LogP contribution in [0.15, 0.2) is 48.6 Å². The van der Waals surface area contributed by atoms with Crippen molar-refractivity contribution in [2.75, 3.05) is 13.2 Å². The third-order valence-corrected chi connectivity index (χ3v) is 16.6. The molecule has 0 bridgehead atoms. The van der Waals surface area contributed by atoms with Crippen molar-refractivity contribution in [2.24, 2.45) is 0 Å². The molecule has 0 aromatic rings. The number of rotatable bonds is 67. The predicted molar refractivity (Wildman–Crippen MR) is 352 cm³/mol. The molecular formula is C74H139NO5. The van der Waals surface area contributed by atoms with Crippen LogP contribution in [0.4, 0.5) is 0 Å². The number of hydrogen-bond donors (Lipinski definition) is 3. The van der Waals surface area contributed by atoms with Gasteiger partial charge in [0.15, 0.2) is 0 Å². The monoisotopic (exact) mass is 1120 g/mol. The van der Waals surface area contributed by atoms with Gasteiger partial charge in [0.2, 0.25) is 5.91 Å². The van der Waals surface area contributed by atoms with Crippen molar-refractivity contribution in [3.05, 3.63) is 48.6 Å². The first-order valence-electron chi connectivity index (χ1n) is 35.9. The van der Waals surface area contributed by atoms with Crippen molar-refractivity contribution in [3.63, 3.8) is 0 Å². The van der Waals surface area contributed by atoms with E-state index in [0.29, 0.717) is 19.4 Å². The maximum Gasteiger partial charge on any atom is 0.305 e. The third kappa shape index (κ3) is 65.0. The quantitative estimate of drug-likeness (QED) is 0.0320. The number of aliphatic hydroxyl groups excluding tert-OH is 2. The summed E-state index contributed by atoms with van der Waals surface area (Å²) in [6, 6.07) is -0.629. The number of ether oxygens (including phenoxy) is 1. The Hall–Kier alpha value is -2.18. The minimum Gasteiger partial charge on any atom is -0.466 e. The number of esters is 1. The molecule has 0 aromatic heterocycles. The van der Waals surface area contributed by atoms with E-state index >= 15 is 0 Å². The standard InChI is InChI=1S/C74H139NO5/c1-3-5-7-9-11-13-15-17-19-20-36-39-42-46-50-54-58-62-66-72(77)71(70-76)75-73(78)67-63-59-55-51-47-43-40-37-34-32-30-28-26-24-22-21-23-25-27-29-31-33-35-38-41-45-49-53-57-61-65-69-80-74(79)68-64-60-56-52-48-44-18-16-14-12-10-8-6-4-2/h16,18,23,25,29,31,62,66,71-72,76-77H,3-15,17,19-22,24,26-28,30,32-61,63-65,67-70H2,1-2H3,(H,75,78)/b18-16-,25-23-,31-29-,66-62+. The molecule has 0 saturated heterocycles. The van der Waals surface area contributed by atoms with Crippen molar-refractivity contribution in [1.29, 1.82) is 0 Å². The van der Waals surface area contributed by atoms with Crippen LogP contribution in [-0.2, 0) is 14.3 Å². The highest BCUT2D eigenvalue weighted by Crippen LogP contribution is 2.18. The Bertz CT molecular complexity index is 1340. The number of hydrogen-bond acceptors (Lipinski definition) is 5. The van der Waals surface area contributed by atoms with Gasteiger partial charge < -0.3 is 20.3 Å². The van der Waals surface area contributed by atoms with E-state index in [1.807, 2.05) is 6.08 Å². The molecular weight excluding hydrogens is 983 g/mol. The Kier molecular flexibility index (Phi) is 67.4. The van der Waals surface area contributed by atoms with E-state index in [1.165, 1.54) is 308 Å². The van der Waals surface area contributed by atoms with E-state index in [2.05, 4.69) is 55.6 Å². The lowest BCUT2D eigenvalue weighted by Crippen LogP contribution is -2.45. The van der Waals surface area contributed by atoms with Gasteiger partial charge in [-0.3, -0.25) is 9.59 Å². The summed E-state index contributed by atoms with van der Waals surface area (Å²) in [6.45, 7) is 4.92. The molecule has 80 heavy (non-hydrogen) atoms. The number of amides is 1. The normalized spacial score (nSPS) is 12.8. The summed E-state index contributed by atoms with van der Waals surface area (Å²) in [5.74, 6) is -0.0602. The molecule has 0 radical (unpaired) electrons. The van der Waals surface area contributed by atoms with Crippen LogP contribution in [0.25, 0.3) is 0 Å². The third-order valence-electron chi connectivity index (χ3n) is 16.6. The van der Waals surface area contributed by atoms with Gasteiger partial charge in [0.25, 0.3) is 0 Å². The van der Waals surface area contributed by atoms with Crippen molar-refractivity contribution in [2.45, 2.75) is 398 Å². The van der Waals surface area contributed by atoms with Crippen LogP contribution in [0, 0.1) is 0 Å². The zero-order valence-corrected chi connectivity index (χ0v) is 53.8. The summed E-state index contributed by atoms with van der Waals surface area (Å²) in [4.78, 5) is 24.6. The lowest BCUT2D eigenvalue weighted by Gasteiger charge is -2.20. The van der Waals surface area contributed by atoms with Crippen molar-refractivity contribution >= 4 is 11.9 Å². The number of nitrogens with one attached hydrogen (secondary N) is 1. The molecule has 0 aliphatic rings. The molecule has 0 aliphatic carbocycles. The van der Waals surface area contributed by atoms with E-state index in [1.54, 1.807) is 6.08 Å². The SMILES string of the molecule is CCCCCCC/C=C\CCCCCCCC(=O)OCCCCCCCCCCC/C=C\C/C=C\CCCCCCCCCCCCCCCCCC(=O)NC(CO)C(O)/C=C/CCCCCCCCCCCCCCCCCC. The maximum absolute atomic E-state index is 12.5. The largest absolute Gasteiger partial charge is 0.466 e. The second kappa shape index (κ2) is 69.3. The molecule has 2 unspecified atom stereocenters. The summed E-state index contributed by atoms with van der Waals surface area (Å²) < 4.78 is 5.48. The highest BCUT2D eigenvalue weighted by molar-refractivity contribution is 5.76. The van der Waals surface area contributed by atoms with Crippen molar-refractivity contribution in [3.8, 4) is 0 Å². The second-order valence-corrected chi connectivity index (χ2v) is 24.6. The Labute approximate surface area is 499 Å². The van der Waals surface area contributed by atoms with Gasteiger partial charge in [-0.1, -0.05) is 332 Å². The molecule has 0 heterocycles. The summed E-state index contributed by atoms with van der Waals surface area (Å²) in [6.07, 6.45) is 90.5. The molecule has 0 aromatic carbocycles. The average Bonchev–Trinajstić information content (AvgIpc) is 3.46. The van der Waals surface area contributed by atoms with E-state index < -0.39 is 12.1 Å². The number of carbonyl (C=O) groups is 2. The maximum atomic E-state index is 12.5. The summed E-state index contributed by atoms with van der Waals surface area (Å²) in [7, 11) is 0. The van der Waals surface area contributed by atoms with Gasteiger partial charge in [0.1, 0.15) is 0 Å². The molecule has 6 nitrogen and oxygen atoms in total. The van der Waals surface area contributed by atoms with Crippen LogP contribution in [0.1, 0.15) is 386 Å². The Morgan fingerprint density at radius 1 is 0.350 bits per heavy atom. The minimum absolute atomic E-state index is 0.00445. The fourth-order valence-electron chi connectivity index (χ4n) is 11.1. The zero-order valence-electron chi connectivity index (χ0n) is 53.8. The molecule has 470 valence electrons. The van der Waals surface area contributed by atoms with Crippen molar-refractivity contribution < 1.29 is 24.5 Å². The van der Waals surface area contributed by atoms with Gasteiger partial charge >= 0.3 is 5.97 Å². The first-order valence-corrected chi connectivity index (χ1v) is 35.9. The summed E-state index contributed by atoms with van der Waals surface area (Å²) in [5.41, 5.74) is 0. The lowest BCUT2D eigenvalue weighted by atomic mass is 10.0. The number of unbranched alkanes of at least 4 members (excludes halogenated alkanes) is 50. The van der Waals surface area contributed by atoms with Gasteiger partial charge in [-0.25, -0.2) is 0 Å². The molecule has 1 amide bonds. The highest BCUT2D eigenvalue weighted by Gasteiger charge is 2.18. The van der Waals surface area contributed by atoms with Crippen LogP contribution in [0.2, 0.25) is 0 Å². The summed E-state index contributed by atoms with van der Waals surface area (Å²) >= 11 is 0. The molecule has 0 saturated carbocycles. The predicted octanol–water partition coefficient (Wildman–Crippen LogP) is 23.3. The van der Waals surface area contributed by atoms with Gasteiger partial charge in [-0.05, 0) is 89.9 Å². The molecule has 3 N–H and O–H groups in total. The van der Waals surface area contributed by atoms with Gasteiger partial charge in [-0.15, -0.1) is 0 Å². The summed E-state index contributed by atoms with van der Waals surface area (Å²) in [5, 5.41) is 23.2. The van der Waals surface area contributed by atoms with Crippen LogP contribution in [0.3, 0.4) is 0 Å². The van der Waals surface area contributed by atoms with E-state index in [4.69, 9.17) is 4.74 Å². The Morgan fingerprint density at radius 2 is 0.625 bits per heavy atom. The smallest absolute Gasteiger partial charge is 0.305 e. The highest BCUT2D eigenvalue weighted by atomic mass is 16.5. The molecule has 2 atom stereocenters. The van der Waals surface area contributed by atoms with Crippen LogP contribution in [0.5, 0.6) is 0 Å². The Morgan fingerprint density at radius 3 is 0.963 bits per heavy atom. The van der Waals surface area contributed by atoms with Gasteiger partial charge in [0.05, 0.1) is 25.4 Å². The molecule has 6 heteroatoms. The topological polar surface area (TPSA) is 95.9 Å². The lowest BCUT2D eigenvalue weighted by molar-refractivity contribution is -0.143. The van der Waals surface area contributed by atoms with Gasteiger partial charge in [-0.2, -0.15) is 0 Å². The van der Waals surface area contributed by atoms with E-state index in [9.17, 15) is 19.8 Å². The number of allylic oxidation sites excluding steroid dienone is 7. The fourth-order valence-corrected chi connectivity index (χ4v) is 11.1. The first-order chi connectivity index (χ1) is 39.5. The average molecular weight is 1120 g/mol. The van der Waals surface area contributed by atoms with Crippen molar-refractivity contribution in [1.82, 2.24) is 5.32 Å². The van der Waals surface area contributed by atoms with Gasteiger partial charge in [0, 0.05) is 12.8 Å². The first kappa shape index (κ1) is 77.8. The van der Waals surface area contributed by atoms with Crippen LogP contribution in [-0.4, -0.2) is 47.4 Å². The van der Waals surface area contributed by atoms with E-state index in [-0.39, 0.29) is 18.5 Å². The number of aliphatic hydroxyl groups is 2. The van der Waals surface area contributed by atoms with E-state index in [0.717, 1.165) is 51.4 Å².